The summed E-state index contributed by atoms with van der Waals surface area (Å²) in [6, 6.07) is 55.6. The molecule has 3 nitrogen and oxygen atoms in total. The van der Waals surface area contributed by atoms with Gasteiger partial charge in [0.15, 0.2) is 5.58 Å². The van der Waals surface area contributed by atoms with Crippen molar-refractivity contribution in [3.8, 4) is 22.6 Å². The first-order chi connectivity index (χ1) is 22.3. The molecule has 0 unspecified atom stereocenters. The van der Waals surface area contributed by atoms with E-state index in [0.29, 0.717) is 5.89 Å². The minimum absolute atomic E-state index is 0.621. The molecule has 0 saturated heterocycles. The van der Waals surface area contributed by atoms with Crippen molar-refractivity contribution in [2.45, 2.75) is 0 Å². The highest BCUT2D eigenvalue weighted by molar-refractivity contribution is 7.25. The molecule has 7 aromatic carbocycles. The molecular formula is C41H26N2OS. The van der Waals surface area contributed by atoms with Gasteiger partial charge in [0.25, 0.3) is 0 Å². The first kappa shape index (κ1) is 25.8. The van der Waals surface area contributed by atoms with Crippen molar-refractivity contribution in [3.05, 3.63) is 158 Å². The number of fused-ring (bicyclic) bond motifs is 6. The number of thiophene rings is 1. The van der Waals surface area contributed by atoms with Crippen LogP contribution in [0, 0.1) is 0 Å². The Kier molecular flexibility index (Phi) is 6.00. The molecule has 9 rings (SSSR count). The standard InChI is InChI=1S/C41H26N2OS/c1-3-12-27(13-4-1)31-17-7-9-19-35(31)43(30-23-24-33-32-18-8-10-21-37(32)45-38(33)26-30)36-20-11-16-28-22-25-34-40(39(28)36)44-41(42-34)29-14-5-2-6-15-29/h1-26H. The maximum Gasteiger partial charge on any atom is 0.227 e. The molecule has 0 bridgehead atoms. The van der Waals surface area contributed by atoms with Crippen LogP contribution in [-0.4, -0.2) is 4.98 Å². The van der Waals surface area contributed by atoms with Crippen LogP contribution in [0.5, 0.6) is 0 Å². The third-order valence-corrected chi connectivity index (χ3v) is 9.62. The molecule has 2 heterocycles. The van der Waals surface area contributed by atoms with Gasteiger partial charge in [0.2, 0.25) is 5.89 Å². The summed E-state index contributed by atoms with van der Waals surface area (Å²) >= 11 is 1.84. The van der Waals surface area contributed by atoms with E-state index in [1.807, 2.05) is 41.7 Å². The zero-order valence-electron chi connectivity index (χ0n) is 24.2. The Bertz CT molecular complexity index is 2500. The summed E-state index contributed by atoms with van der Waals surface area (Å²) in [4.78, 5) is 7.31. The summed E-state index contributed by atoms with van der Waals surface area (Å²) in [5.41, 5.74) is 8.12. The third kappa shape index (κ3) is 4.30. The highest BCUT2D eigenvalue weighted by Gasteiger charge is 2.22. The monoisotopic (exact) mass is 594 g/mol. The van der Waals surface area contributed by atoms with Crippen LogP contribution in [0.4, 0.5) is 17.1 Å². The van der Waals surface area contributed by atoms with E-state index in [2.05, 4.69) is 132 Å². The molecule has 0 aliphatic rings. The van der Waals surface area contributed by atoms with Gasteiger partial charge in [-0.05, 0) is 59.5 Å². The lowest BCUT2D eigenvalue weighted by Gasteiger charge is -2.29. The first-order valence-electron chi connectivity index (χ1n) is 15.1. The molecule has 0 aliphatic heterocycles. The molecule has 0 N–H and O–H groups in total. The predicted molar refractivity (Wildman–Crippen MR) is 190 cm³/mol. The summed E-state index contributed by atoms with van der Waals surface area (Å²) in [6.07, 6.45) is 0. The predicted octanol–water partition coefficient (Wildman–Crippen LogP) is 12.2. The van der Waals surface area contributed by atoms with E-state index in [4.69, 9.17) is 9.40 Å². The van der Waals surface area contributed by atoms with Crippen LogP contribution in [0.2, 0.25) is 0 Å². The van der Waals surface area contributed by atoms with E-state index in [1.165, 1.54) is 20.2 Å². The minimum Gasteiger partial charge on any atom is -0.435 e. The second-order valence-corrected chi connectivity index (χ2v) is 12.3. The lowest BCUT2D eigenvalue weighted by atomic mass is 10.00. The molecule has 4 heteroatoms. The van der Waals surface area contributed by atoms with Gasteiger partial charge in [-0.2, -0.15) is 0 Å². The maximum atomic E-state index is 6.62. The van der Waals surface area contributed by atoms with Gasteiger partial charge < -0.3 is 9.32 Å². The lowest BCUT2D eigenvalue weighted by molar-refractivity contribution is 0.623. The van der Waals surface area contributed by atoms with Gasteiger partial charge in [-0.25, -0.2) is 4.98 Å². The Hall–Kier alpha value is -5.71. The third-order valence-electron chi connectivity index (χ3n) is 8.49. The smallest absolute Gasteiger partial charge is 0.227 e. The highest BCUT2D eigenvalue weighted by atomic mass is 32.1. The van der Waals surface area contributed by atoms with Gasteiger partial charge in [-0.3, -0.25) is 0 Å². The SMILES string of the molecule is c1ccc(-c2nc3ccc4cccc(N(c5ccc6c(c5)sc5ccccc56)c5ccccc5-c5ccccc5)c4c3o2)cc1. The number of para-hydroxylation sites is 1. The Balaban J connectivity index is 1.35. The van der Waals surface area contributed by atoms with Crippen LogP contribution < -0.4 is 4.90 Å². The number of oxazole rings is 1. The van der Waals surface area contributed by atoms with Gasteiger partial charge in [-0.1, -0.05) is 109 Å². The van der Waals surface area contributed by atoms with E-state index in [0.717, 1.165) is 55.6 Å². The van der Waals surface area contributed by atoms with Crippen molar-refractivity contribution >= 4 is 70.4 Å². The van der Waals surface area contributed by atoms with Crippen molar-refractivity contribution in [1.29, 1.82) is 0 Å². The molecule has 212 valence electrons. The van der Waals surface area contributed by atoms with Gasteiger partial charge in [0.05, 0.1) is 16.8 Å². The Morgan fingerprint density at radius 3 is 2.11 bits per heavy atom. The summed E-state index contributed by atoms with van der Waals surface area (Å²) < 4.78 is 9.17. The number of rotatable bonds is 5. The second-order valence-electron chi connectivity index (χ2n) is 11.2. The van der Waals surface area contributed by atoms with Crippen LogP contribution >= 0.6 is 11.3 Å². The number of hydrogen-bond acceptors (Lipinski definition) is 4. The molecule has 0 radical (unpaired) electrons. The lowest BCUT2D eigenvalue weighted by Crippen LogP contribution is -2.11. The molecule has 9 aromatic rings. The number of anilines is 3. The van der Waals surface area contributed by atoms with Gasteiger partial charge >= 0.3 is 0 Å². The van der Waals surface area contributed by atoms with Crippen molar-refractivity contribution in [2.75, 3.05) is 4.90 Å². The first-order valence-corrected chi connectivity index (χ1v) is 15.9. The van der Waals surface area contributed by atoms with E-state index in [9.17, 15) is 0 Å². The molecule has 45 heavy (non-hydrogen) atoms. The molecule has 0 fully saturated rings. The second kappa shape index (κ2) is 10.5. The van der Waals surface area contributed by atoms with Crippen LogP contribution in [0.3, 0.4) is 0 Å². The van der Waals surface area contributed by atoms with Crippen LogP contribution in [0.15, 0.2) is 162 Å². The minimum atomic E-state index is 0.621. The molecule has 0 atom stereocenters. The Morgan fingerprint density at radius 2 is 1.24 bits per heavy atom. The van der Waals surface area contributed by atoms with Crippen molar-refractivity contribution in [3.63, 3.8) is 0 Å². The average Bonchev–Trinajstić information content (AvgIpc) is 3.71. The van der Waals surface area contributed by atoms with E-state index in [1.54, 1.807) is 0 Å². The Morgan fingerprint density at radius 1 is 0.533 bits per heavy atom. The fraction of sp³-hybridized carbons (Fsp3) is 0. The average molecular weight is 595 g/mol. The number of hydrogen-bond donors (Lipinski definition) is 0. The van der Waals surface area contributed by atoms with Gasteiger partial charge in [0, 0.05) is 37.0 Å². The van der Waals surface area contributed by atoms with Crippen molar-refractivity contribution in [2.24, 2.45) is 0 Å². The Labute approximate surface area is 264 Å². The summed E-state index contributed by atoms with van der Waals surface area (Å²) in [5, 5.41) is 4.70. The molecule has 0 aliphatic carbocycles. The summed E-state index contributed by atoms with van der Waals surface area (Å²) in [5.74, 6) is 0.621. The fourth-order valence-corrected chi connectivity index (χ4v) is 7.56. The molecule has 0 spiro atoms. The van der Waals surface area contributed by atoms with E-state index < -0.39 is 0 Å². The van der Waals surface area contributed by atoms with Crippen molar-refractivity contribution in [1.82, 2.24) is 4.98 Å². The zero-order valence-corrected chi connectivity index (χ0v) is 25.0. The van der Waals surface area contributed by atoms with Gasteiger partial charge in [-0.15, -0.1) is 11.3 Å². The fourth-order valence-electron chi connectivity index (χ4n) is 6.42. The van der Waals surface area contributed by atoms with Crippen LogP contribution in [0.1, 0.15) is 0 Å². The highest BCUT2D eigenvalue weighted by Crippen LogP contribution is 2.47. The topological polar surface area (TPSA) is 29.3 Å². The maximum absolute atomic E-state index is 6.62. The van der Waals surface area contributed by atoms with E-state index in [-0.39, 0.29) is 0 Å². The largest absolute Gasteiger partial charge is 0.435 e. The quantitative estimate of drug-likeness (QED) is 0.198. The molecule has 0 saturated carbocycles. The van der Waals surface area contributed by atoms with Crippen LogP contribution in [-0.2, 0) is 0 Å². The molecular weight excluding hydrogens is 569 g/mol. The van der Waals surface area contributed by atoms with Crippen molar-refractivity contribution < 1.29 is 4.42 Å². The number of benzene rings is 7. The van der Waals surface area contributed by atoms with E-state index >= 15 is 0 Å². The molecule has 0 amide bonds. The van der Waals surface area contributed by atoms with Gasteiger partial charge in [0.1, 0.15) is 5.52 Å². The summed E-state index contributed by atoms with van der Waals surface area (Å²) in [7, 11) is 0. The zero-order chi connectivity index (χ0) is 29.7. The summed E-state index contributed by atoms with van der Waals surface area (Å²) in [6.45, 7) is 0. The van der Waals surface area contributed by atoms with Crippen LogP contribution in [0.25, 0.3) is 64.6 Å². The number of nitrogens with zero attached hydrogens (tertiary/aromatic N) is 2. The number of aromatic nitrogens is 1. The normalized spacial score (nSPS) is 11.6. The molecule has 2 aromatic heterocycles.